The largest absolute Gasteiger partial charge is 0.497 e. The second kappa shape index (κ2) is 10.4. The number of amides is 1. The average Bonchev–Trinajstić information content (AvgIpc) is 2.82. The molecular weight excluding hydrogens is 414 g/mol. The summed E-state index contributed by atoms with van der Waals surface area (Å²) in [7, 11) is 5.01. The van der Waals surface area contributed by atoms with Gasteiger partial charge in [-0.1, -0.05) is 45.0 Å². The Balaban J connectivity index is 1.59. The second-order valence-corrected chi connectivity index (χ2v) is 9.10. The van der Waals surface area contributed by atoms with Crippen LogP contribution in [0.4, 0.5) is 0 Å². The van der Waals surface area contributed by atoms with Gasteiger partial charge in [-0.05, 0) is 52.9 Å². The molecule has 0 aromatic heterocycles. The molecule has 0 heterocycles. The predicted octanol–water partition coefficient (Wildman–Crippen LogP) is 5.85. The van der Waals surface area contributed by atoms with Gasteiger partial charge in [-0.2, -0.15) is 0 Å². The van der Waals surface area contributed by atoms with Crippen LogP contribution in [0.5, 0.6) is 17.2 Å². The highest BCUT2D eigenvalue weighted by atomic mass is 16.5. The first-order valence-electron chi connectivity index (χ1n) is 11.0. The normalized spacial score (nSPS) is 11.1. The molecule has 5 nitrogen and oxygen atoms in total. The summed E-state index contributed by atoms with van der Waals surface area (Å²) in [6, 6.07) is 21.3. The van der Waals surface area contributed by atoms with Crippen molar-refractivity contribution in [2.75, 3.05) is 21.3 Å². The maximum Gasteiger partial charge on any atom is 0.253 e. The summed E-state index contributed by atoms with van der Waals surface area (Å²) < 4.78 is 16.6. The molecule has 0 saturated carbocycles. The van der Waals surface area contributed by atoms with E-state index in [1.165, 1.54) is 5.56 Å². The minimum absolute atomic E-state index is 0.0573. The molecule has 0 fully saturated rings. The molecule has 1 amide bonds. The van der Waals surface area contributed by atoms with Crippen LogP contribution in [0, 0.1) is 0 Å². The van der Waals surface area contributed by atoms with Crippen LogP contribution in [0.15, 0.2) is 66.7 Å². The van der Waals surface area contributed by atoms with Crippen molar-refractivity contribution in [2.24, 2.45) is 0 Å². The number of carbonyl (C=O) groups is 1. The molecule has 0 saturated heterocycles. The third-order valence-electron chi connectivity index (χ3n) is 5.58. The van der Waals surface area contributed by atoms with Crippen molar-refractivity contribution in [3.05, 3.63) is 89.0 Å². The lowest BCUT2D eigenvalue weighted by Crippen LogP contribution is -2.26. The average molecular weight is 448 g/mol. The van der Waals surface area contributed by atoms with Crippen molar-refractivity contribution < 1.29 is 19.0 Å². The highest BCUT2D eigenvalue weighted by Crippen LogP contribution is 2.26. The molecular formula is C28H33NO4. The summed E-state index contributed by atoms with van der Waals surface area (Å²) in [5.41, 5.74) is 3.94. The summed E-state index contributed by atoms with van der Waals surface area (Å²) in [6.07, 6.45) is 0. The van der Waals surface area contributed by atoms with Crippen LogP contribution in [0.2, 0.25) is 0 Å². The molecule has 0 atom stereocenters. The van der Waals surface area contributed by atoms with E-state index in [9.17, 15) is 4.79 Å². The van der Waals surface area contributed by atoms with Crippen LogP contribution >= 0.6 is 0 Å². The topological polar surface area (TPSA) is 48.0 Å². The standard InChI is InChI=1S/C28H33NO4/c1-28(2,3)23-12-15-24(16-13-23)33-19-20-7-9-21(10-8-20)27(30)29(4)18-22-11-14-25(31-5)17-26(22)32-6/h7-17H,18-19H2,1-6H3. The molecule has 0 radical (unpaired) electrons. The van der Waals surface area contributed by atoms with Crippen LogP contribution in [0.3, 0.4) is 0 Å². The van der Waals surface area contributed by atoms with Crippen molar-refractivity contribution in [3.8, 4) is 17.2 Å². The molecule has 0 N–H and O–H groups in total. The number of nitrogens with zero attached hydrogens (tertiary/aromatic N) is 1. The smallest absolute Gasteiger partial charge is 0.253 e. The van der Waals surface area contributed by atoms with E-state index in [1.807, 2.05) is 54.6 Å². The summed E-state index contributed by atoms with van der Waals surface area (Å²) in [5, 5.41) is 0. The SMILES string of the molecule is COc1ccc(CN(C)C(=O)c2ccc(COc3ccc(C(C)(C)C)cc3)cc2)c(OC)c1. The molecule has 33 heavy (non-hydrogen) atoms. The van der Waals surface area contributed by atoms with Gasteiger partial charge in [0, 0.05) is 30.8 Å². The second-order valence-electron chi connectivity index (χ2n) is 9.10. The molecule has 3 rings (SSSR count). The quantitative estimate of drug-likeness (QED) is 0.434. The Kier molecular flexibility index (Phi) is 7.64. The van der Waals surface area contributed by atoms with Crippen molar-refractivity contribution in [1.82, 2.24) is 4.90 Å². The van der Waals surface area contributed by atoms with Gasteiger partial charge in [-0.3, -0.25) is 4.79 Å². The zero-order valence-corrected chi connectivity index (χ0v) is 20.3. The van der Waals surface area contributed by atoms with E-state index in [4.69, 9.17) is 14.2 Å². The van der Waals surface area contributed by atoms with E-state index >= 15 is 0 Å². The number of ether oxygens (including phenoxy) is 3. The van der Waals surface area contributed by atoms with Crippen LogP contribution < -0.4 is 14.2 Å². The van der Waals surface area contributed by atoms with Crippen molar-refractivity contribution in [3.63, 3.8) is 0 Å². The minimum Gasteiger partial charge on any atom is -0.497 e. The van der Waals surface area contributed by atoms with Gasteiger partial charge in [0.2, 0.25) is 0 Å². The maximum atomic E-state index is 12.9. The van der Waals surface area contributed by atoms with Crippen LogP contribution in [0.1, 0.15) is 47.8 Å². The molecule has 0 aliphatic carbocycles. The van der Waals surface area contributed by atoms with Gasteiger partial charge in [-0.25, -0.2) is 0 Å². The van der Waals surface area contributed by atoms with E-state index < -0.39 is 0 Å². The Morgan fingerprint density at radius 1 is 0.848 bits per heavy atom. The molecule has 0 aliphatic rings. The van der Waals surface area contributed by atoms with Gasteiger partial charge in [0.25, 0.3) is 5.91 Å². The Bertz CT molecular complexity index is 1070. The highest BCUT2D eigenvalue weighted by molar-refractivity contribution is 5.94. The lowest BCUT2D eigenvalue weighted by atomic mass is 9.87. The summed E-state index contributed by atoms with van der Waals surface area (Å²) in [6.45, 7) is 7.45. The Labute approximate surface area is 196 Å². The Hall–Kier alpha value is -3.47. The molecule has 0 unspecified atom stereocenters. The fourth-order valence-electron chi connectivity index (χ4n) is 3.49. The van der Waals surface area contributed by atoms with Crippen molar-refractivity contribution in [2.45, 2.75) is 39.3 Å². The predicted molar refractivity (Wildman–Crippen MR) is 131 cm³/mol. The summed E-state index contributed by atoms with van der Waals surface area (Å²) >= 11 is 0. The number of hydrogen-bond acceptors (Lipinski definition) is 4. The van der Waals surface area contributed by atoms with E-state index in [2.05, 4.69) is 32.9 Å². The minimum atomic E-state index is -0.0573. The number of rotatable bonds is 8. The van der Waals surface area contributed by atoms with Gasteiger partial charge in [0.1, 0.15) is 23.9 Å². The first-order valence-corrected chi connectivity index (χ1v) is 11.0. The Morgan fingerprint density at radius 3 is 2.06 bits per heavy atom. The van der Waals surface area contributed by atoms with Crippen LogP contribution in [-0.4, -0.2) is 32.1 Å². The number of benzene rings is 3. The molecule has 0 aliphatic heterocycles. The van der Waals surface area contributed by atoms with Gasteiger partial charge < -0.3 is 19.1 Å². The number of methoxy groups -OCH3 is 2. The maximum absolute atomic E-state index is 12.9. The van der Waals surface area contributed by atoms with Gasteiger partial charge in [0.15, 0.2) is 0 Å². The molecule has 0 spiro atoms. The fourth-order valence-corrected chi connectivity index (χ4v) is 3.49. The van der Waals surface area contributed by atoms with Crippen LogP contribution in [0.25, 0.3) is 0 Å². The fraction of sp³-hybridized carbons (Fsp3) is 0.321. The van der Waals surface area contributed by atoms with Crippen molar-refractivity contribution in [1.29, 1.82) is 0 Å². The molecule has 0 bridgehead atoms. The number of carbonyl (C=O) groups excluding carboxylic acids is 1. The first-order chi connectivity index (χ1) is 15.7. The zero-order valence-electron chi connectivity index (χ0n) is 20.3. The zero-order chi connectivity index (χ0) is 24.0. The van der Waals surface area contributed by atoms with E-state index in [0.29, 0.717) is 30.2 Å². The lowest BCUT2D eigenvalue weighted by molar-refractivity contribution is 0.0784. The number of hydrogen-bond donors (Lipinski definition) is 0. The summed E-state index contributed by atoms with van der Waals surface area (Å²) in [5.74, 6) is 2.18. The van der Waals surface area contributed by atoms with E-state index in [-0.39, 0.29) is 11.3 Å². The van der Waals surface area contributed by atoms with Gasteiger partial charge >= 0.3 is 0 Å². The molecule has 3 aromatic rings. The third-order valence-corrected chi connectivity index (χ3v) is 5.58. The van der Waals surface area contributed by atoms with E-state index in [1.54, 1.807) is 26.2 Å². The van der Waals surface area contributed by atoms with Crippen LogP contribution in [-0.2, 0) is 18.6 Å². The van der Waals surface area contributed by atoms with E-state index in [0.717, 1.165) is 16.9 Å². The van der Waals surface area contributed by atoms with Gasteiger partial charge in [-0.15, -0.1) is 0 Å². The monoisotopic (exact) mass is 447 g/mol. The molecule has 3 aromatic carbocycles. The molecule has 174 valence electrons. The highest BCUT2D eigenvalue weighted by Gasteiger charge is 2.15. The van der Waals surface area contributed by atoms with Gasteiger partial charge in [0.05, 0.1) is 14.2 Å². The third kappa shape index (κ3) is 6.28. The summed E-state index contributed by atoms with van der Waals surface area (Å²) in [4.78, 5) is 14.6. The molecule has 5 heteroatoms. The van der Waals surface area contributed by atoms with Crippen molar-refractivity contribution >= 4 is 5.91 Å². The lowest BCUT2D eigenvalue weighted by Gasteiger charge is -2.20. The Morgan fingerprint density at radius 2 is 1.48 bits per heavy atom. The first kappa shape index (κ1) is 24.2.